The first-order chi connectivity index (χ1) is 15.0. The summed E-state index contributed by atoms with van der Waals surface area (Å²) < 4.78 is 84.8. The number of rotatable bonds is 6. The van der Waals surface area contributed by atoms with Crippen molar-refractivity contribution in [2.24, 2.45) is 0 Å². The Kier molecular flexibility index (Phi) is 7.30. The molecule has 1 saturated heterocycles. The van der Waals surface area contributed by atoms with E-state index in [1.54, 1.807) is 4.90 Å². The highest BCUT2D eigenvalue weighted by Crippen LogP contribution is 2.30. The minimum absolute atomic E-state index is 0.157. The highest BCUT2D eigenvalue weighted by atomic mass is 32.1. The molecule has 1 aromatic heterocycles. The molecule has 0 N–H and O–H groups in total. The number of carbonyl (C=O) groups excluding carboxylic acids is 1. The van der Waals surface area contributed by atoms with Gasteiger partial charge in [0.25, 0.3) is 0 Å². The first-order valence-corrected chi connectivity index (χ1v) is 10.2. The molecule has 1 aliphatic heterocycles. The second-order valence-electron chi connectivity index (χ2n) is 7.03. The number of piperazine rings is 1. The largest absolute Gasteiger partial charge is 0.522 e. The van der Waals surface area contributed by atoms with Crippen molar-refractivity contribution in [1.82, 2.24) is 9.88 Å². The quantitative estimate of drug-likeness (QED) is 0.454. The number of esters is 1. The van der Waals surface area contributed by atoms with Gasteiger partial charge in [0.15, 0.2) is 5.13 Å². The predicted molar refractivity (Wildman–Crippen MR) is 103 cm³/mol. The van der Waals surface area contributed by atoms with Crippen LogP contribution in [0.4, 0.5) is 31.5 Å². The summed E-state index contributed by atoms with van der Waals surface area (Å²) >= 11 is 0.997. The van der Waals surface area contributed by atoms with Crippen molar-refractivity contribution in [2.75, 3.05) is 38.3 Å². The normalized spacial score (nSPS) is 18.1. The van der Waals surface area contributed by atoms with Crippen LogP contribution in [0, 0.1) is 0 Å². The SMILES string of the molecule is COC(=O)c1cnc(N2CCN(Cc3ccc(C(F)(F)F)cc3)C[C@H]2COC(F)(F)F)s1. The molecule has 1 aliphatic rings. The number of aromatic nitrogens is 1. The number of thiazole rings is 1. The van der Waals surface area contributed by atoms with Crippen LogP contribution < -0.4 is 4.90 Å². The minimum atomic E-state index is -4.82. The van der Waals surface area contributed by atoms with Gasteiger partial charge in [-0.25, -0.2) is 9.78 Å². The number of halogens is 6. The monoisotopic (exact) mass is 483 g/mol. The van der Waals surface area contributed by atoms with E-state index in [0.29, 0.717) is 23.8 Å². The fourth-order valence-electron chi connectivity index (χ4n) is 3.30. The smallest absolute Gasteiger partial charge is 0.465 e. The molecule has 176 valence electrons. The Labute approximate surface area is 183 Å². The minimum Gasteiger partial charge on any atom is -0.465 e. The van der Waals surface area contributed by atoms with E-state index in [1.165, 1.54) is 25.4 Å². The number of methoxy groups -OCH3 is 1. The van der Waals surface area contributed by atoms with Crippen LogP contribution in [-0.2, 0) is 22.2 Å². The average molecular weight is 483 g/mol. The first kappa shape index (κ1) is 24.3. The van der Waals surface area contributed by atoms with Gasteiger partial charge in [-0.2, -0.15) is 13.2 Å². The number of carbonyl (C=O) groups is 1. The van der Waals surface area contributed by atoms with Crippen molar-refractivity contribution in [3.05, 3.63) is 46.5 Å². The summed E-state index contributed by atoms with van der Waals surface area (Å²) in [6, 6.07) is 3.90. The Bertz CT molecular complexity index is 916. The van der Waals surface area contributed by atoms with Gasteiger partial charge in [0.1, 0.15) is 4.88 Å². The molecule has 1 aromatic carbocycles. The number of hydrogen-bond donors (Lipinski definition) is 0. The number of anilines is 1. The van der Waals surface area contributed by atoms with Crippen LogP contribution in [0.2, 0.25) is 0 Å². The maximum Gasteiger partial charge on any atom is 0.522 e. The van der Waals surface area contributed by atoms with Crippen LogP contribution >= 0.6 is 11.3 Å². The highest BCUT2D eigenvalue weighted by molar-refractivity contribution is 7.17. The molecule has 0 amide bonds. The number of ether oxygens (including phenoxy) is 2. The summed E-state index contributed by atoms with van der Waals surface area (Å²) in [5, 5.41) is 0.357. The fourth-order valence-corrected chi connectivity index (χ4v) is 4.23. The van der Waals surface area contributed by atoms with Crippen LogP contribution in [0.1, 0.15) is 20.8 Å². The topological polar surface area (TPSA) is 54.9 Å². The second kappa shape index (κ2) is 9.63. The molecule has 0 radical (unpaired) electrons. The van der Waals surface area contributed by atoms with E-state index in [0.717, 1.165) is 23.5 Å². The van der Waals surface area contributed by atoms with Crippen molar-refractivity contribution in [3.63, 3.8) is 0 Å². The maximum absolute atomic E-state index is 12.7. The third-order valence-electron chi connectivity index (χ3n) is 4.82. The van der Waals surface area contributed by atoms with Gasteiger partial charge < -0.3 is 9.64 Å². The van der Waals surface area contributed by atoms with Crippen LogP contribution in [0.15, 0.2) is 30.5 Å². The van der Waals surface area contributed by atoms with Crippen LogP contribution in [0.5, 0.6) is 0 Å². The van der Waals surface area contributed by atoms with E-state index in [9.17, 15) is 31.1 Å². The molecule has 0 aliphatic carbocycles. The van der Waals surface area contributed by atoms with Gasteiger partial charge in [0.05, 0.1) is 31.5 Å². The van der Waals surface area contributed by atoms with Crippen LogP contribution in [-0.4, -0.2) is 61.6 Å². The molecule has 1 fully saturated rings. The lowest BCUT2D eigenvalue weighted by Gasteiger charge is -2.41. The zero-order chi connectivity index (χ0) is 23.5. The van der Waals surface area contributed by atoms with Crippen molar-refractivity contribution in [1.29, 1.82) is 0 Å². The summed E-state index contributed by atoms with van der Waals surface area (Å²) in [6.45, 7) is 0.474. The predicted octanol–water partition coefficient (Wildman–Crippen LogP) is 4.18. The molecular formula is C19H19F6N3O3S. The number of alkyl halides is 6. The van der Waals surface area contributed by atoms with Crippen LogP contribution in [0.3, 0.4) is 0 Å². The fraction of sp³-hybridized carbons (Fsp3) is 0.474. The highest BCUT2D eigenvalue weighted by Gasteiger charge is 2.35. The van der Waals surface area contributed by atoms with Gasteiger partial charge >= 0.3 is 18.5 Å². The van der Waals surface area contributed by atoms with E-state index < -0.39 is 36.7 Å². The van der Waals surface area contributed by atoms with Gasteiger partial charge in [0, 0.05) is 26.2 Å². The molecule has 0 saturated carbocycles. The lowest BCUT2D eigenvalue weighted by Crippen LogP contribution is -2.55. The van der Waals surface area contributed by atoms with Gasteiger partial charge in [-0.05, 0) is 17.7 Å². The molecule has 13 heteroatoms. The van der Waals surface area contributed by atoms with Crippen molar-refractivity contribution < 1.29 is 40.6 Å². The second-order valence-corrected chi connectivity index (χ2v) is 8.04. The molecule has 0 bridgehead atoms. The third kappa shape index (κ3) is 6.33. The first-order valence-electron chi connectivity index (χ1n) is 9.36. The lowest BCUT2D eigenvalue weighted by atomic mass is 10.1. The van der Waals surface area contributed by atoms with Gasteiger partial charge in [-0.3, -0.25) is 9.64 Å². The molecule has 32 heavy (non-hydrogen) atoms. The molecule has 0 unspecified atom stereocenters. The van der Waals surface area contributed by atoms with Crippen molar-refractivity contribution in [3.8, 4) is 0 Å². The van der Waals surface area contributed by atoms with E-state index in [2.05, 4.69) is 14.5 Å². The Morgan fingerprint density at radius 1 is 1.16 bits per heavy atom. The van der Waals surface area contributed by atoms with Crippen LogP contribution in [0.25, 0.3) is 0 Å². The number of nitrogens with zero attached hydrogens (tertiary/aromatic N) is 3. The summed E-state index contributed by atoms with van der Waals surface area (Å²) in [6.07, 6.45) is -7.97. The Morgan fingerprint density at radius 3 is 2.44 bits per heavy atom. The van der Waals surface area contributed by atoms with E-state index in [-0.39, 0.29) is 18.0 Å². The van der Waals surface area contributed by atoms with Gasteiger partial charge in [-0.1, -0.05) is 23.5 Å². The van der Waals surface area contributed by atoms with Gasteiger partial charge in [-0.15, -0.1) is 13.2 Å². The molecular weight excluding hydrogens is 464 g/mol. The average Bonchev–Trinajstić information content (AvgIpc) is 3.21. The number of benzene rings is 1. The van der Waals surface area contributed by atoms with E-state index in [1.807, 2.05) is 4.90 Å². The summed E-state index contributed by atoms with van der Waals surface area (Å²) in [5.74, 6) is -0.599. The Hall–Kier alpha value is -2.38. The lowest BCUT2D eigenvalue weighted by molar-refractivity contribution is -0.326. The van der Waals surface area contributed by atoms with Crippen molar-refractivity contribution in [2.45, 2.75) is 25.1 Å². The van der Waals surface area contributed by atoms with E-state index >= 15 is 0 Å². The maximum atomic E-state index is 12.7. The van der Waals surface area contributed by atoms with Crippen molar-refractivity contribution >= 4 is 22.4 Å². The standard InChI is InChI=1S/C19H19F6N3O3S/c1-30-16(29)15-8-26-17(32-15)28-7-6-27(10-14(28)11-31-19(23,24)25)9-12-2-4-13(5-3-12)18(20,21)22/h2-5,8,14H,6-7,9-11H2,1H3/t14-/m0/s1. The molecule has 2 heterocycles. The van der Waals surface area contributed by atoms with E-state index in [4.69, 9.17) is 0 Å². The third-order valence-corrected chi connectivity index (χ3v) is 5.83. The van der Waals surface area contributed by atoms with Gasteiger partial charge in [0.2, 0.25) is 0 Å². The Balaban J connectivity index is 1.72. The Morgan fingerprint density at radius 2 is 1.84 bits per heavy atom. The zero-order valence-corrected chi connectivity index (χ0v) is 17.6. The summed E-state index contributed by atoms with van der Waals surface area (Å²) in [4.78, 5) is 19.5. The summed E-state index contributed by atoms with van der Waals surface area (Å²) in [5.41, 5.74) is -0.170. The molecule has 1 atom stereocenters. The summed E-state index contributed by atoms with van der Waals surface area (Å²) in [7, 11) is 1.21. The molecule has 0 spiro atoms. The zero-order valence-electron chi connectivity index (χ0n) is 16.7. The molecule has 3 rings (SSSR count). The molecule has 6 nitrogen and oxygen atoms in total. The number of hydrogen-bond acceptors (Lipinski definition) is 7. The molecule has 2 aromatic rings.